The van der Waals surface area contributed by atoms with Crippen molar-refractivity contribution in [3.8, 4) is 0 Å². The summed E-state index contributed by atoms with van der Waals surface area (Å²) in [4.78, 5) is 0. The zero-order valence-corrected chi connectivity index (χ0v) is 8.46. The Balaban J connectivity index is 2.05. The summed E-state index contributed by atoms with van der Waals surface area (Å²) in [5, 5.41) is 11.8. The highest BCUT2D eigenvalue weighted by atomic mass is 32.1. The van der Waals surface area contributed by atoms with E-state index < -0.39 is 0 Å². The van der Waals surface area contributed by atoms with Gasteiger partial charge in [-0.2, -0.15) is 0 Å². The van der Waals surface area contributed by atoms with Crippen molar-refractivity contribution < 1.29 is 5.11 Å². The molecule has 0 spiro atoms. The van der Waals surface area contributed by atoms with E-state index in [0.717, 1.165) is 12.8 Å². The van der Waals surface area contributed by atoms with Crippen LogP contribution in [0.5, 0.6) is 0 Å². The number of hydrogen-bond acceptors (Lipinski definition) is 3. The van der Waals surface area contributed by atoms with Crippen LogP contribution in [-0.4, -0.2) is 15.6 Å². The van der Waals surface area contributed by atoms with Crippen LogP contribution in [0, 0.1) is 0 Å². The molecule has 0 saturated heterocycles. The Kier molecular flexibility index (Phi) is 2.96. The van der Waals surface area contributed by atoms with Crippen molar-refractivity contribution in [2.75, 3.05) is 0 Å². The van der Waals surface area contributed by atoms with Gasteiger partial charge in [-0.05, 0) is 42.3 Å². The standard InChI is InChI=1S/C10H15NOS/c12-10-4-2-1-3-8(5-10)9-6-11-13-7-9/h6-8,10,12H,1-5H2. The van der Waals surface area contributed by atoms with Crippen molar-refractivity contribution in [3.05, 3.63) is 17.1 Å². The predicted octanol–water partition coefficient (Wildman–Crippen LogP) is 2.55. The van der Waals surface area contributed by atoms with E-state index in [1.807, 2.05) is 6.20 Å². The lowest BCUT2D eigenvalue weighted by Gasteiger charge is -2.14. The van der Waals surface area contributed by atoms with Gasteiger partial charge in [0.25, 0.3) is 0 Å². The highest BCUT2D eigenvalue weighted by Crippen LogP contribution is 2.31. The fourth-order valence-corrected chi connectivity index (χ4v) is 2.67. The van der Waals surface area contributed by atoms with Crippen molar-refractivity contribution in [1.82, 2.24) is 4.37 Å². The molecular weight excluding hydrogens is 182 g/mol. The van der Waals surface area contributed by atoms with Crippen LogP contribution in [0.2, 0.25) is 0 Å². The van der Waals surface area contributed by atoms with E-state index in [-0.39, 0.29) is 6.10 Å². The lowest BCUT2D eigenvalue weighted by molar-refractivity contribution is 0.152. The van der Waals surface area contributed by atoms with Crippen LogP contribution in [0.25, 0.3) is 0 Å². The molecule has 13 heavy (non-hydrogen) atoms. The van der Waals surface area contributed by atoms with Gasteiger partial charge in [-0.3, -0.25) is 0 Å². The first-order chi connectivity index (χ1) is 6.36. The minimum atomic E-state index is -0.0904. The summed E-state index contributed by atoms with van der Waals surface area (Å²) < 4.78 is 4.11. The SMILES string of the molecule is OC1CCCCC(c2cnsc2)C1. The summed E-state index contributed by atoms with van der Waals surface area (Å²) in [6.45, 7) is 0. The van der Waals surface area contributed by atoms with Gasteiger partial charge in [-0.25, -0.2) is 4.37 Å². The zero-order chi connectivity index (χ0) is 9.10. The molecule has 1 aromatic heterocycles. The first-order valence-electron chi connectivity index (χ1n) is 4.93. The second kappa shape index (κ2) is 4.20. The second-order valence-corrected chi connectivity index (χ2v) is 4.49. The smallest absolute Gasteiger partial charge is 0.0546 e. The topological polar surface area (TPSA) is 33.1 Å². The van der Waals surface area contributed by atoms with Crippen molar-refractivity contribution in [2.45, 2.75) is 44.1 Å². The molecule has 3 heteroatoms. The third-order valence-electron chi connectivity index (χ3n) is 2.82. The number of rotatable bonds is 1. The van der Waals surface area contributed by atoms with E-state index in [1.165, 1.54) is 36.4 Å². The van der Waals surface area contributed by atoms with Crippen LogP contribution in [0.3, 0.4) is 0 Å². The molecule has 1 aliphatic rings. The fourth-order valence-electron chi connectivity index (χ4n) is 2.05. The fraction of sp³-hybridized carbons (Fsp3) is 0.700. The van der Waals surface area contributed by atoms with E-state index >= 15 is 0 Å². The molecule has 0 aliphatic heterocycles. The number of aliphatic hydroxyl groups excluding tert-OH is 1. The van der Waals surface area contributed by atoms with E-state index in [0.29, 0.717) is 5.92 Å². The number of aromatic nitrogens is 1. The highest BCUT2D eigenvalue weighted by Gasteiger charge is 2.20. The molecule has 2 nitrogen and oxygen atoms in total. The van der Waals surface area contributed by atoms with Gasteiger partial charge < -0.3 is 5.11 Å². The third-order valence-corrected chi connectivity index (χ3v) is 3.42. The van der Waals surface area contributed by atoms with Gasteiger partial charge in [0.2, 0.25) is 0 Å². The van der Waals surface area contributed by atoms with Crippen LogP contribution < -0.4 is 0 Å². The molecular formula is C10H15NOS. The number of aliphatic hydroxyl groups is 1. The molecule has 72 valence electrons. The molecule has 0 bridgehead atoms. The zero-order valence-electron chi connectivity index (χ0n) is 7.65. The Morgan fingerprint density at radius 3 is 3.00 bits per heavy atom. The Morgan fingerprint density at radius 1 is 1.38 bits per heavy atom. The minimum absolute atomic E-state index is 0.0904. The summed E-state index contributed by atoms with van der Waals surface area (Å²) in [6, 6.07) is 0. The highest BCUT2D eigenvalue weighted by molar-refractivity contribution is 7.03. The van der Waals surface area contributed by atoms with E-state index in [2.05, 4.69) is 9.75 Å². The summed E-state index contributed by atoms with van der Waals surface area (Å²) in [6.07, 6.45) is 7.41. The molecule has 1 saturated carbocycles. The van der Waals surface area contributed by atoms with Gasteiger partial charge >= 0.3 is 0 Å². The van der Waals surface area contributed by atoms with Crippen molar-refractivity contribution >= 4 is 11.5 Å². The Hall–Kier alpha value is -0.410. The van der Waals surface area contributed by atoms with Crippen LogP contribution in [-0.2, 0) is 0 Å². The largest absolute Gasteiger partial charge is 0.393 e. The average Bonchev–Trinajstić information content (AvgIpc) is 2.56. The molecule has 1 aromatic rings. The Labute approximate surface area is 82.8 Å². The van der Waals surface area contributed by atoms with Crippen LogP contribution in [0.4, 0.5) is 0 Å². The molecule has 1 aliphatic carbocycles. The number of hydrogen-bond donors (Lipinski definition) is 1. The minimum Gasteiger partial charge on any atom is -0.393 e. The van der Waals surface area contributed by atoms with Crippen molar-refractivity contribution in [1.29, 1.82) is 0 Å². The molecule has 1 fully saturated rings. The lowest BCUT2D eigenvalue weighted by atomic mass is 9.94. The van der Waals surface area contributed by atoms with Crippen LogP contribution in [0.15, 0.2) is 11.6 Å². The van der Waals surface area contributed by atoms with Gasteiger partial charge in [-0.1, -0.05) is 12.8 Å². The maximum atomic E-state index is 9.64. The quantitative estimate of drug-likeness (QED) is 0.702. The first kappa shape index (κ1) is 9.16. The van der Waals surface area contributed by atoms with Gasteiger partial charge in [0, 0.05) is 11.6 Å². The Morgan fingerprint density at radius 2 is 2.23 bits per heavy atom. The summed E-state index contributed by atoms with van der Waals surface area (Å²) >= 11 is 1.51. The summed E-state index contributed by atoms with van der Waals surface area (Å²) in [5.41, 5.74) is 1.32. The van der Waals surface area contributed by atoms with Gasteiger partial charge in [-0.15, -0.1) is 0 Å². The maximum absolute atomic E-state index is 9.64. The summed E-state index contributed by atoms with van der Waals surface area (Å²) in [5.74, 6) is 0.552. The lowest BCUT2D eigenvalue weighted by Crippen LogP contribution is -2.08. The third kappa shape index (κ3) is 2.29. The molecule has 1 N–H and O–H groups in total. The molecule has 0 amide bonds. The molecule has 0 radical (unpaired) electrons. The molecule has 2 atom stereocenters. The van der Waals surface area contributed by atoms with E-state index in [9.17, 15) is 5.11 Å². The second-order valence-electron chi connectivity index (χ2n) is 3.83. The first-order valence-corrected chi connectivity index (χ1v) is 5.77. The number of nitrogens with zero attached hydrogens (tertiary/aromatic N) is 1. The van der Waals surface area contributed by atoms with Crippen LogP contribution >= 0.6 is 11.5 Å². The predicted molar refractivity (Wildman–Crippen MR) is 53.9 cm³/mol. The van der Waals surface area contributed by atoms with Crippen LogP contribution in [0.1, 0.15) is 43.6 Å². The monoisotopic (exact) mass is 197 g/mol. The molecule has 0 aromatic carbocycles. The maximum Gasteiger partial charge on any atom is 0.0546 e. The van der Waals surface area contributed by atoms with E-state index in [4.69, 9.17) is 0 Å². The van der Waals surface area contributed by atoms with E-state index in [1.54, 1.807) is 0 Å². The average molecular weight is 197 g/mol. The molecule has 2 rings (SSSR count). The summed E-state index contributed by atoms with van der Waals surface area (Å²) in [7, 11) is 0. The van der Waals surface area contributed by atoms with Gasteiger partial charge in [0.1, 0.15) is 0 Å². The molecule has 1 heterocycles. The van der Waals surface area contributed by atoms with Gasteiger partial charge in [0.05, 0.1) is 6.10 Å². The molecule has 2 unspecified atom stereocenters. The van der Waals surface area contributed by atoms with Crippen molar-refractivity contribution in [2.24, 2.45) is 0 Å². The van der Waals surface area contributed by atoms with Gasteiger partial charge in [0.15, 0.2) is 0 Å². The Bertz CT molecular complexity index is 247. The normalized spacial score (nSPS) is 29.9. The van der Waals surface area contributed by atoms with Crippen molar-refractivity contribution in [3.63, 3.8) is 0 Å².